The van der Waals surface area contributed by atoms with Crippen molar-refractivity contribution < 1.29 is 23.9 Å². The minimum absolute atomic E-state index is 0.176. The molecule has 5 rings (SSSR count). The van der Waals surface area contributed by atoms with E-state index in [1.165, 1.54) is 4.90 Å². The maximum Gasteiger partial charge on any atom is 0.411 e. The van der Waals surface area contributed by atoms with Gasteiger partial charge in [0.25, 0.3) is 0 Å². The maximum absolute atomic E-state index is 13.6. The first-order valence-electron chi connectivity index (χ1n) is 13.4. The summed E-state index contributed by atoms with van der Waals surface area (Å²) in [6, 6.07) is 12.6. The van der Waals surface area contributed by atoms with Crippen LogP contribution in [0.3, 0.4) is 0 Å². The average Bonchev–Trinajstić information content (AvgIpc) is 2.94. The van der Waals surface area contributed by atoms with Gasteiger partial charge < -0.3 is 9.47 Å². The number of pyridine rings is 1. The molecule has 1 atom stereocenters. The third kappa shape index (κ3) is 5.64. The number of benzene rings is 2. The zero-order valence-corrected chi connectivity index (χ0v) is 23.3. The number of hydrogen-bond acceptors (Lipinski definition) is 6. The minimum atomic E-state index is -0.589. The molecule has 0 saturated carbocycles. The molecule has 208 valence electrons. The minimum Gasteiger partial charge on any atom is -0.497 e. The van der Waals surface area contributed by atoms with E-state index in [1.54, 1.807) is 29.3 Å². The Labute approximate surface area is 234 Å². The maximum atomic E-state index is 13.6. The standard InChI is InChI=1S/C31H34N4O5/c1-31(2,3)40-30(38)34-15-6-5-7-26(34)22-10-13-25-23(17-22)18-32-19-27(25)33-16-14-28(36)35(29(33)37)20-21-8-11-24(39-4)12-9-21/h5,7-13,17-19,26H,6,14-16,20H2,1-4H3. The van der Waals surface area contributed by atoms with Crippen molar-refractivity contribution >= 4 is 34.5 Å². The normalized spacial score (nSPS) is 17.9. The number of fused-ring (bicyclic) bond motifs is 1. The molecule has 1 saturated heterocycles. The van der Waals surface area contributed by atoms with E-state index < -0.39 is 5.60 Å². The number of methoxy groups -OCH3 is 1. The molecule has 9 nitrogen and oxygen atoms in total. The summed E-state index contributed by atoms with van der Waals surface area (Å²) < 4.78 is 10.9. The van der Waals surface area contributed by atoms with E-state index >= 15 is 0 Å². The summed E-state index contributed by atoms with van der Waals surface area (Å²) in [5.74, 6) is 0.500. The summed E-state index contributed by atoms with van der Waals surface area (Å²) in [5.41, 5.74) is 1.81. The molecule has 2 aromatic carbocycles. The highest BCUT2D eigenvalue weighted by Gasteiger charge is 2.34. The fourth-order valence-electron chi connectivity index (χ4n) is 5.06. The molecule has 2 aliphatic heterocycles. The van der Waals surface area contributed by atoms with Crippen LogP contribution in [0.5, 0.6) is 5.75 Å². The smallest absolute Gasteiger partial charge is 0.411 e. The summed E-state index contributed by atoms with van der Waals surface area (Å²) in [5, 5.41) is 1.68. The number of nitrogens with zero attached hydrogens (tertiary/aromatic N) is 4. The van der Waals surface area contributed by atoms with Crippen LogP contribution in [0.1, 0.15) is 50.8 Å². The highest BCUT2D eigenvalue weighted by Crippen LogP contribution is 2.34. The topological polar surface area (TPSA) is 92.3 Å². The van der Waals surface area contributed by atoms with Crippen LogP contribution in [0, 0.1) is 0 Å². The van der Waals surface area contributed by atoms with E-state index in [2.05, 4.69) is 11.1 Å². The first kappa shape index (κ1) is 27.2. The Balaban J connectivity index is 1.42. The highest BCUT2D eigenvalue weighted by molar-refractivity contribution is 6.09. The van der Waals surface area contributed by atoms with Crippen molar-refractivity contribution in [1.29, 1.82) is 0 Å². The lowest BCUT2D eigenvalue weighted by molar-refractivity contribution is -0.129. The van der Waals surface area contributed by atoms with E-state index in [0.717, 1.165) is 28.3 Å². The predicted molar refractivity (Wildman–Crippen MR) is 152 cm³/mol. The van der Waals surface area contributed by atoms with Crippen molar-refractivity contribution in [2.75, 3.05) is 25.1 Å². The third-order valence-electron chi connectivity index (χ3n) is 7.03. The van der Waals surface area contributed by atoms with Gasteiger partial charge in [-0.25, -0.2) is 9.59 Å². The van der Waals surface area contributed by atoms with E-state index in [9.17, 15) is 14.4 Å². The van der Waals surface area contributed by atoms with Crippen LogP contribution in [0.25, 0.3) is 10.8 Å². The van der Waals surface area contributed by atoms with Gasteiger partial charge in [-0.05, 0) is 56.5 Å². The van der Waals surface area contributed by atoms with Gasteiger partial charge in [-0.3, -0.25) is 24.5 Å². The molecule has 2 aliphatic rings. The Hall–Kier alpha value is -4.40. The predicted octanol–water partition coefficient (Wildman–Crippen LogP) is 5.84. The van der Waals surface area contributed by atoms with Gasteiger partial charge in [-0.15, -0.1) is 0 Å². The van der Waals surface area contributed by atoms with Crippen molar-refractivity contribution in [3.05, 3.63) is 78.1 Å². The number of imide groups is 1. The van der Waals surface area contributed by atoms with Crippen LogP contribution in [0.2, 0.25) is 0 Å². The molecule has 3 aromatic rings. The fourth-order valence-corrected chi connectivity index (χ4v) is 5.06. The molecular weight excluding hydrogens is 508 g/mol. The van der Waals surface area contributed by atoms with Gasteiger partial charge in [0.1, 0.15) is 11.4 Å². The first-order chi connectivity index (χ1) is 19.1. The molecule has 0 bridgehead atoms. The number of rotatable bonds is 5. The Kier molecular flexibility index (Phi) is 7.47. The summed E-state index contributed by atoms with van der Waals surface area (Å²) in [7, 11) is 1.59. The van der Waals surface area contributed by atoms with Gasteiger partial charge in [0.15, 0.2) is 0 Å². The monoisotopic (exact) mass is 542 g/mol. The van der Waals surface area contributed by atoms with Crippen molar-refractivity contribution in [3.63, 3.8) is 0 Å². The summed E-state index contributed by atoms with van der Waals surface area (Å²) >= 11 is 0. The van der Waals surface area contributed by atoms with Crippen molar-refractivity contribution in [2.45, 2.75) is 51.8 Å². The molecule has 3 heterocycles. The molecule has 40 heavy (non-hydrogen) atoms. The van der Waals surface area contributed by atoms with Gasteiger partial charge in [0, 0.05) is 36.5 Å². The van der Waals surface area contributed by atoms with Crippen LogP contribution < -0.4 is 9.64 Å². The van der Waals surface area contributed by atoms with Crippen molar-refractivity contribution in [1.82, 2.24) is 14.8 Å². The Morgan fingerprint density at radius 1 is 1.05 bits per heavy atom. The van der Waals surface area contributed by atoms with Gasteiger partial charge in [-0.2, -0.15) is 0 Å². The quantitative estimate of drug-likeness (QED) is 0.376. The molecule has 1 aromatic heterocycles. The SMILES string of the molecule is COc1ccc(CN2C(=O)CCN(c3cncc4cc(C5C=CCCN5C(=O)OC(C)(C)C)ccc34)C2=O)cc1. The first-order valence-corrected chi connectivity index (χ1v) is 13.4. The number of urea groups is 1. The molecule has 0 N–H and O–H groups in total. The zero-order valence-electron chi connectivity index (χ0n) is 23.3. The van der Waals surface area contributed by atoms with Crippen LogP contribution in [-0.2, 0) is 16.1 Å². The van der Waals surface area contributed by atoms with Gasteiger partial charge in [-0.1, -0.05) is 36.4 Å². The van der Waals surface area contributed by atoms with Crippen LogP contribution in [0.4, 0.5) is 15.3 Å². The Morgan fingerprint density at radius 3 is 2.55 bits per heavy atom. The molecular formula is C31H34N4O5. The van der Waals surface area contributed by atoms with E-state index in [0.29, 0.717) is 18.0 Å². The van der Waals surface area contributed by atoms with Gasteiger partial charge in [0.2, 0.25) is 5.91 Å². The summed E-state index contributed by atoms with van der Waals surface area (Å²) in [6.45, 7) is 6.59. The van der Waals surface area contributed by atoms with Crippen LogP contribution in [0.15, 0.2) is 67.0 Å². The van der Waals surface area contributed by atoms with Gasteiger partial charge >= 0.3 is 12.1 Å². The summed E-state index contributed by atoms with van der Waals surface area (Å²) in [6.07, 6.45) is 8.13. The third-order valence-corrected chi connectivity index (χ3v) is 7.03. The molecule has 9 heteroatoms. The lowest BCUT2D eigenvalue weighted by atomic mass is 9.98. The zero-order chi connectivity index (χ0) is 28.4. The number of amides is 4. The second-order valence-corrected chi connectivity index (χ2v) is 11.0. The molecule has 0 aliphatic carbocycles. The highest BCUT2D eigenvalue weighted by atomic mass is 16.6. The molecule has 0 radical (unpaired) electrons. The van der Waals surface area contributed by atoms with Crippen molar-refractivity contribution in [2.24, 2.45) is 0 Å². The number of ether oxygens (including phenoxy) is 2. The Bertz CT molecular complexity index is 1460. The number of carbonyl (C=O) groups is 3. The molecule has 4 amide bonds. The van der Waals surface area contributed by atoms with E-state index in [-0.39, 0.29) is 43.6 Å². The number of hydrogen-bond donors (Lipinski definition) is 0. The number of anilines is 1. The average molecular weight is 543 g/mol. The van der Waals surface area contributed by atoms with E-state index in [4.69, 9.17) is 9.47 Å². The largest absolute Gasteiger partial charge is 0.497 e. The Morgan fingerprint density at radius 2 is 1.82 bits per heavy atom. The lowest BCUT2D eigenvalue weighted by Crippen LogP contribution is -2.52. The second kappa shape index (κ2) is 11.0. The van der Waals surface area contributed by atoms with E-state index in [1.807, 2.05) is 69.3 Å². The molecule has 1 fully saturated rings. The fraction of sp³-hybridized carbons (Fsp3) is 0.355. The van der Waals surface area contributed by atoms with Crippen LogP contribution >= 0.6 is 0 Å². The number of aromatic nitrogens is 1. The van der Waals surface area contributed by atoms with Crippen LogP contribution in [-0.4, -0.2) is 58.6 Å². The van der Waals surface area contributed by atoms with Gasteiger partial charge in [0.05, 0.1) is 31.6 Å². The summed E-state index contributed by atoms with van der Waals surface area (Å²) in [4.78, 5) is 48.3. The van der Waals surface area contributed by atoms with Crippen molar-refractivity contribution in [3.8, 4) is 5.75 Å². The number of carbonyl (C=O) groups excluding carboxylic acids is 3. The lowest BCUT2D eigenvalue weighted by Gasteiger charge is -2.35. The second-order valence-electron chi connectivity index (χ2n) is 11.0. The molecule has 1 unspecified atom stereocenters. The molecule has 0 spiro atoms.